The molecule has 5 rings (SSSR count). The first-order valence-electron chi connectivity index (χ1n) is 10.5. The molecule has 0 radical (unpaired) electrons. The summed E-state index contributed by atoms with van der Waals surface area (Å²) in [7, 11) is 0. The van der Waals surface area contributed by atoms with Crippen molar-refractivity contribution in [3.05, 3.63) is 94.9 Å². The molecule has 0 fully saturated rings. The van der Waals surface area contributed by atoms with Crippen molar-refractivity contribution in [2.45, 2.75) is 0 Å². The number of carbonyl (C=O) groups excluding carboxylic acids is 3. The fraction of sp³-hybridized carbons (Fsp3) is 0.0800. The highest BCUT2D eigenvalue weighted by Crippen LogP contribution is 2.29. The van der Waals surface area contributed by atoms with Gasteiger partial charge in [-0.2, -0.15) is 9.78 Å². The normalized spacial score (nSPS) is 12.7. The molecule has 9 nitrogen and oxygen atoms in total. The van der Waals surface area contributed by atoms with Crippen LogP contribution >= 0.6 is 0 Å². The average Bonchev–Trinajstić information content (AvgIpc) is 2.87. The lowest BCUT2D eigenvalue weighted by atomic mass is 10.1. The number of para-hydroxylation sites is 3. The molecule has 1 aromatic heterocycles. The summed E-state index contributed by atoms with van der Waals surface area (Å²) in [6.45, 7) is -0.783. The lowest BCUT2D eigenvalue weighted by Crippen LogP contribution is -2.44. The molecule has 3 aromatic carbocycles. The Labute approximate surface area is 193 Å². The standard InChI is InChI=1S/C25H18N4O5/c30-21-14-28(20-13-7-6-12-19(20)26-21)22(31)15-34-25(33)23-17-10-4-5-11-18(17)24(32)29(27-23)16-8-2-1-3-9-16/h1-13H,14-15H2,(H,26,30). The number of ether oxygens (including phenoxy) is 1. The Balaban J connectivity index is 1.45. The van der Waals surface area contributed by atoms with E-state index in [-0.39, 0.29) is 23.7 Å². The molecule has 0 atom stereocenters. The Bertz CT molecular complexity index is 1500. The van der Waals surface area contributed by atoms with Crippen LogP contribution in [0.4, 0.5) is 11.4 Å². The molecule has 168 valence electrons. The number of carbonyl (C=O) groups is 3. The molecule has 0 bridgehead atoms. The number of hydrogen-bond acceptors (Lipinski definition) is 6. The molecular formula is C25H18N4O5. The van der Waals surface area contributed by atoms with E-state index in [1.54, 1.807) is 78.9 Å². The van der Waals surface area contributed by atoms with Gasteiger partial charge in [-0.25, -0.2) is 4.79 Å². The van der Waals surface area contributed by atoms with E-state index in [0.29, 0.717) is 27.8 Å². The van der Waals surface area contributed by atoms with E-state index in [9.17, 15) is 19.2 Å². The largest absolute Gasteiger partial charge is 0.451 e. The van der Waals surface area contributed by atoms with Crippen LogP contribution in [0.15, 0.2) is 83.7 Å². The third kappa shape index (κ3) is 3.79. The third-order valence-electron chi connectivity index (χ3n) is 5.40. The van der Waals surface area contributed by atoms with Crippen molar-refractivity contribution in [3.63, 3.8) is 0 Å². The SMILES string of the molecule is O=C1CN(C(=O)COC(=O)c2nn(-c3ccccc3)c(=O)c3ccccc23)c2ccccc2N1. The summed E-state index contributed by atoms with van der Waals surface area (Å²) in [6, 6.07) is 22.1. The minimum Gasteiger partial charge on any atom is -0.451 e. The highest BCUT2D eigenvalue weighted by Gasteiger charge is 2.28. The van der Waals surface area contributed by atoms with Gasteiger partial charge in [-0.15, -0.1) is 0 Å². The van der Waals surface area contributed by atoms with Crippen LogP contribution in [0.1, 0.15) is 10.5 Å². The molecule has 4 aromatic rings. The number of amides is 2. The zero-order valence-electron chi connectivity index (χ0n) is 17.8. The number of aromatic nitrogens is 2. The predicted molar refractivity (Wildman–Crippen MR) is 125 cm³/mol. The van der Waals surface area contributed by atoms with E-state index in [0.717, 1.165) is 4.68 Å². The molecular weight excluding hydrogens is 436 g/mol. The van der Waals surface area contributed by atoms with Crippen LogP contribution < -0.4 is 15.8 Å². The molecule has 9 heteroatoms. The van der Waals surface area contributed by atoms with Gasteiger partial charge in [0.25, 0.3) is 11.5 Å². The summed E-state index contributed by atoms with van der Waals surface area (Å²) in [5, 5.41) is 7.56. The van der Waals surface area contributed by atoms with Gasteiger partial charge in [-0.1, -0.05) is 48.5 Å². The third-order valence-corrected chi connectivity index (χ3v) is 5.40. The number of rotatable bonds is 4. The van der Waals surface area contributed by atoms with Crippen molar-refractivity contribution in [2.24, 2.45) is 0 Å². The number of nitrogens with one attached hydrogen (secondary N) is 1. The fourth-order valence-electron chi connectivity index (χ4n) is 3.81. The van der Waals surface area contributed by atoms with Crippen molar-refractivity contribution in [1.29, 1.82) is 0 Å². The van der Waals surface area contributed by atoms with Crippen LogP contribution in [0.3, 0.4) is 0 Å². The number of nitrogens with zero attached hydrogens (tertiary/aromatic N) is 3. The smallest absolute Gasteiger partial charge is 0.359 e. The zero-order valence-corrected chi connectivity index (χ0v) is 17.8. The molecule has 0 spiro atoms. The van der Waals surface area contributed by atoms with Gasteiger partial charge in [0.15, 0.2) is 12.3 Å². The lowest BCUT2D eigenvalue weighted by Gasteiger charge is -2.28. The first-order chi connectivity index (χ1) is 16.5. The first-order valence-corrected chi connectivity index (χ1v) is 10.5. The first kappa shape index (κ1) is 21.1. The molecule has 0 saturated carbocycles. The van der Waals surface area contributed by atoms with Crippen molar-refractivity contribution in [1.82, 2.24) is 9.78 Å². The average molecular weight is 454 g/mol. The van der Waals surface area contributed by atoms with Gasteiger partial charge in [-0.3, -0.25) is 19.3 Å². The predicted octanol–water partition coefficient (Wildman–Crippen LogP) is 2.53. The van der Waals surface area contributed by atoms with E-state index >= 15 is 0 Å². The summed E-state index contributed by atoms with van der Waals surface area (Å²) >= 11 is 0. The van der Waals surface area contributed by atoms with Gasteiger partial charge in [0.2, 0.25) is 5.91 Å². The van der Waals surface area contributed by atoms with E-state index < -0.39 is 18.5 Å². The topological polar surface area (TPSA) is 111 Å². The minimum atomic E-state index is -0.857. The van der Waals surface area contributed by atoms with Crippen LogP contribution in [0.25, 0.3) is 16.5 Å². The molecule has 34 heavy (non-hydrogen) atoms. The van der Waals surface area contributed by atoms with Crippen LogP contribution in [-0.2, 0) is 14.3 Å². The maximum Gasteiger partial charge on any atom is 0.359 e. The van der Waals surface area contributed by atoms with Gasteiger partial charge in [0, 0.05) is 5.39 Å². The summed E-state index contributed by atoms with van der Waals surface area (Å²) in [4.78, 5) is 52.1. The molecule has 1 aliphatic rings. The van der Waals surface area contributed by atoms with Crippen LogP contribution in [0, 0.1) is 0 Å². The van der Waals surface area contributed by atoms with Gasteiger partial charge in [-0.05, 0) is 30.3 Å². The van der Waals surface area contributed by atoms with E-state index in [1.165, 1.54) is 4.90 Å². The van der Waals surface area contributed by atoms with Crippen molar-refractivity contribution in [2.75, 3.05) is 23.4 Å². The quantitative estimate of drug-likeness (QED) is 0.475. The molecule has 0 unspecified atom stereocenters. The summed E-state index contributed by atoms with van der Waals surface area (Å²) in [6.07, 6.45) is 0. The second-order valence-corrected chi connectivity index (χ2v) is 7.57. The summed E-state index contributed by atoms with van der Waals surface area (Å²) in [5.41, 5.74) is 1.03. The zero-order chi connectivity index (χ0) is 23.7. The molecule has 1 N–H and O–H groups in total. The lowest BCUT2D eigenvalue weighted by molar-refractivity contribution is -0.124. The Kier molecular flexibility index (Phi) is 5.35. The van der Waals surface area contributed by atoms with Crippen LogP contribution in [0.5, 0.6) is 0 Å². The number of anilines is 2. The number of hydrogen-bond donors (Lipinski definition) is 1. The minimum absolute atomic E-state index is 0.0939. The van der Waals surface area contributed by atoms with Gasteiger partial charge in [0.05, 0.1) is 22.4 Å². The van der Waals surface area contributed by atoms with E-state index in [2.05, 4.69) is 10.4 Å². The Morgan fingerprint density at radius 2 is 1.56 bits per heavy atom. The molecule has 0 aliphatic carbocycles. The Hall–Kier alpha value is -4.79. The number of fused-ring (bicyclic) bond motifs is 2. The summed E-state index contributed by atoms with van der Waals surface area (Å²) in [5.74, 6) is -1.76. The second-order valence-electron chi connectivity index (χ2n) is 7.57. The molecule has 2 heterocycles. The maximum absolute atomic E-state index is 13.0. The Morgan fingerprint density at radius 1 is 0.882 bits per heavy atom. The van der Waals surface area contributed by atoms with Gasteiger partial charge >= 0.3 is 5.97 Å². The second kappa shape index (κ2) is 8.62. The van der Waals surface area contributed by atoms with E-state index in [1.807, 2.05) is 0 Å². The fourth-order valence-corrected chi connectivity index (χ4v) is 3.81. The molecule has 2 amide bonds. The number of esters is 1. The van der Waals surface area contributed by atoms with Crippen LogP contribution in [0.2, 0.25) is 0 Å². The highest BCUT2D eigenvalue weighted by atomic mass is 16.5. The van der Waals surface area contributed by atoms with Crippen molar-refractivity contribution >= 4 is 39.9 Å². The van der Waals surface area contributed by atoms with Crippen LogP contribution in [-0.4, -0.2) is 40.7 Å². The van der Waals surface area contributed by atoms with Gasteiger partial charge in [0.1, 0.15) is 6.54 Å². The molecule has 1 aliphatic heterocycles. The number of benzene rings is 3. The highest BCUT2D eigenvalue weighted by molar-refractivity contribution is 6.11. The maximum atomic E-state index is 13.0. The van der Waals surface area contributed by atoms with E-state index in [4.69, 9.17) is 4.74 Å². The van der Waals surface area contributed by atoms with Crippen molar-refractivity contribution in [3.8, 4) is 5.69 Å². The summed E-state index contributed by atoms with van der Waals surface area (Å²) < 4.78 is 6.42. The van der Waals surface area contributed by atoms with Gasteiger partial charge < -0.3 is 10.1 Å². The van der Waals surface area contributed by atoms with Crippen molar-refractivity contribution < 1.29 is 19.1 Å². The monoisotopic (exact) mass is 454 g/mol. The Morgan fingerprint density at radius 3 is 2.35 bits per heavy atom. The molecule has 0 saturated heterocycles.